The molecule has 0 N–H and O–H groups in total. The van der Waals surface area contributed by atoms with E-state index < -0.39 is 0 Å². The highest BCUT2D eigenvalue weighted by Crippen LogP contribution is 2.55. The average Bonchev–Trinajstić information content (AvgIpc) is 4.18. The van der Waals surface area contributed by atoms with E-state index >= 15 is 0 Å². The summed E-state index contributed by atoms with van der Waals surface area (Å²) in [6, 6.07) is 90.5. The highest BCUT2D eigenvalue weighted by Gasteiger charge is 2.41. The van der Waals surface area contributed by atoms with Gasteiger partial charge in [0, 0.05) is 51.0 Å². The van der Waals surface area contributed by atoms with Crippen molar-refractivity contribution in [3.05, 3.63) is 254 Å². The zero-order chi connectivity index (χ0) is 46.4. The number of fused-ring (bicyclic) bond motifs is 5. The lowest BCUT2D eigenvalue weighted by atomic mass is 9.82. The van der Waals surface area contributed by atoms with Crippen LogP contribution in [0.1, 0.15) is 37.2 Å². The van der Waals surface area contributed by atoms with Crippen molar-refractivity contribution in [2.75, 3.05) is 9.80 Å². The van der Waals surface area contributed by atoms with E-state index in [0.717, 1.165) is 62.1 Å². The lowest BCUT2D eigenvalue weighted by Gasteiger charge is -2.32. The minimum absolute atomic E-state index is 0.612. The Balaban J connectivity index is 0.918. The number of furan rings is 1. The molecule has 3 unspecified atom stereocenters. The Kier molecular flexibility index (Phi) is 10.7. The van der Waals surface area contributed by atoms with Crippen molar-refractivity contribution < 1.29 is 4.42 Å². The van der Waals surface area contributed by atoms with Crippen LogP contribution < -0.4 is 9.80 Å². The number of anilines is 6. The zero-order valence-corrected chi connectivity index (χ0v) is 39.0. The van der Waals surface area contributed by atoms with E-state index in [1.807, 2.05) is 12.1 Å². The first-order valence-corrected chi connectivity index (χ1v) is 24.9. The normalized spacial score (nSPS) is 16.2. The highest BCUT2D eigenvalue weighted by atomic mass is 16.3. The SMILES string of the molecule is c1ccc(-c2cc(-c3ccc(N(c4ccccc4)c4ccccc4C4CC5CCC4C5)cc3)c(-c3ccccc3)cc2-c2ccc(N(c3ccccc3)c3ccc4c(c3)oc3ccccc34)cc2)cc1. The van der Waals surface area contributed by atoms with Gasteiger partial charge in [0.25, 0.3) is 0 Å². The Morgan fingerprint density at radius 2 is 0.786 bits per heavy atom. The quantitative estimate of drug-likeness (QED) is 0.129. The van der Waals surface area contributed by atoms with Gasteiger partial charge in [-0.15, -0.1) is 0 Å². The van der Waals surface area contributed by atoms with Crippen molar-refractivity contribution >= 4 is 56.1 Å². The summed E-state index contributed by atoms with van der Waals surface area (Å²) in [5, 5.41) is 2.24. The molecular formula is C67H52N2O. The molecule has 1 heterocycles. The van der Waals surface area contributed by atoms with Crippen LogP contribution >= 0.6 is 0 Å². The van der Waals surface area contributed by atoms with Gasteiger partial charge in [-0.3, -0.25) is 0 Å². The van der Waals surface area contributed by atoms with Crippen LogP contribution in [-0.2, 0) is 0 Å². The lowest BCUT2D eigenvalue weighted by Crippen LogP contribution is -2.16. The van der Waals surface area contributed by atoms with Crippen molar-refractivity contribution in [3.8, 4) is 44.5 Å². The number of hydrogen-bond donors (Lipinski definition) is 0. The molecule has 13 rings (SSSR count). The van der Waals surface area contributed by atoms with Gasteiger partial charge < -0.3 is 14.2 Å². The summed E-state index contributed by atoms with van der Waals surface area (Å²) in [6.45, 7) is 0. The second kappa shape index (κ2) is 17.9. The Morgan fingerprint density at radius 3 is 1.36 bits per heavy atom. The number of hydrogen-bond acceptors (Lipinski definition) is 3. The molecule has 1 aromatic heterocycles. The zero-order valence-electron chi connectivity index (χ0n) is 39.0. The molecule has 11 aromatic rings. The second-order valence-corrected chi connectivity index (χ2v) is 19.2. The van der Waals surface area contributed by atoms with Gasteiger partial charge in [-0.05, 0) is 172 Å². The van der Waals surface area contributed by atoms with Gasteiger partial charge in [-0.25, -0.2) is 0 Å². The lowest BCUT2D eigenvalue weighted by molar-refractivity contribution is 0.420. The summed E-state index contributed by atoms with van der Waals surface area (Å²) < 4.78 is 6.39. The standard InChI is InChI=1S/C67H52N2O/c1-5-17-47(18-6-1)61-45-64(50-33-37-55(38-34-50)69(53-23-11-4-12-24-53)65-27-15-13-25-57(65)60-42-46-29-30-51(60)41-46)62(48-19-7-2-8-20-48)44-63(61)49-31-35-54(36-32-49)68(52-21-9-3-10-22-52)56-39-40-59-58-26-14-16-28-66(58)70-67(59)43-56/h1-28,31-40,43-46,51,60H,29-30,41-42H2. The van der Waals surface area contributed by atoms with Crippen LogP contribution in [0.2, 0.25) is 0 Å². The molecule has 3 atom stereocenters. The van der Waals surface area contributed by atoms with Crippen LogP contribution in [0.3, 0.4) is 0 Å². The van der Waals surface area contributed by atoms with Crippen molar-refractivity contribution in [2.45, 2.75) is 31.6 Å². The van der Waals surface area contributed by atoms with Crippen molar-refractivity contribution in [1.29, 1.82) is 0 Å². The number of benzene rings is 10. The number of para-hydroxylation sites is 4. The summed E-state index contributed by atoms with van der Waals surface area (Å²) in [6.07, 6.45) is 5.45. The maximum Gasteiger partial charge on any atom is 0.137 e. The maximum absolute atomic E-state index is 6.39. The summed E-state index contributed by atoms with van der Waals surface area (Å²) in [5.74, 6) is 2.27. The highest BCUT2D eigenvalue weighted by molar-refractivity contribution is 6.06. The van der Waals surface area contributed by atoms with E-state index in [2.05, 4.69) is 246 Å². The maximum atomic E-state index is 6.39. The average molecular weight is 901 g/mol. The molecule has 0 radical (unpaired) electrons. The molecule has 3 heteroatoms. The van der Waals surface area contributed by atoms with Crippen LogP contribution in [-0.4, -0.2) is 0 Å². The predicted molar refractivity (Wildman–Crippen MR) is 293 cm³/mol. The van der Waals surface area contributed by atoms with Gasteiger partial charge >= 0.3 is 0 Å². The second-order valence-electron chi connectivity index (χ2n) is 19.2. The van der Waals surface area contributed by atoms with Gasteiger partial charge in [0.05, 0.1) is 0 Å². The molecule has 2 aliphatic rings. The summed E-state index contributed by atoms with van der Waals surface area (Å²) in [5.41, 5.74) is 19.5. The van der Waals surface area contributed by atoms with Crippen LogP contribution in [0.4, 0.5) is 34.1 Å². The molecule has 336 valence electrons. The van der Waals surface area contributed by atoms with Crippen LogP contribution in [0.5, 0.6) is 0 Å². The fourth-order valence-corrected chi connectivity index (χ4v) is 11.9. The van der Waals surface area contributed by atoms with Crippen molar-refractivity contribution in [3.63, 3.8) is 0 Å². The molecular weight excluding hydrogens is 849 g/mol. The monoisotopic (exact) mass is 900 g/mol. The van der Waals surface area contributed by atoms with Gasteiger partial charge in [0.2, 0.25) is 0 Å². The first kappa shape index (κ1) is 41.8. The van der Waals surface area contributed by atoms with Crippen LogP contribution in [0.15, 0.2) is 253 Å². The fraction of sp³-hybridized carbons (Fsp3) is 0.104. The van der Waals surface area contributed by atoms with Gasteiger partial charge in [0.15, 0.2) is 0 Å². The molecule has 0 saturated heterocycles. The Labute approximate surface area is 410 Å². The van der Waals surface area contributed by atoms with Gasteiger partial charge in [0.1, 0.15) is 11.2 Å². The minimum atomic E-state index is 0.612. The van der Waals surface area contributed by atoms with E-state index in [1.54, 1.807) is 0 Å². The van der Waals surface area contributed by atoms with Crippen molar-refractivity contribution in [2.24, 2.45) is 11.8 Å². The van der Waals surface area contributed by atoms with E-state index in [9.17, 15) is 0 Å². The molecule has 10 aromatic carbocycles. The molecule has 2 aliphatic carbocycles. The minimum Gasteiger partial charge on any atom is -0.456 e. The number of nitrogens with zero attached hydrogens (tertiary/aromatic N) is 2. The largest absolute Gasteiger partial charge is 0.456 e. The Bertz CT molecular complexity index is 3600. The molecule has 2 bridgehead atoms. The Morgan fingerprint density at radius 1 is 0.329 bits per heavy atom. The van der Waals surface area contributed by atoms with Gasteiger partial charge in [-0.1, -0.05) is 164 Å². The summed E-state index contributed by atoms with van der Waals surface area (Å²) >= 11 is 0. The molecule has 0 spiro atoms. The van der Waals surface area contributed by atoms with Crippen LogP contribution in [0, 0.1) is 11.8 Å². The van der Waals surface area contributed by atoms with E-state index in [4.69, 9.17) is 4.42 Å². The molecule has 3 nitrogen and oxygen atoms in total. The third kappa shape index (κ3) is 7.65. The van der Waals surface area contributed by atoms with E-state index in [1.165, 1.54) is 81.6 Å². The molecule has 0 aliphatic heterocycles. The first-order valence-electron chi connectivity index (χ1n) is 24.9. The summed E-state index contributed by atoms with van der Waals surface area (Å²) in [4.78, 5) is 4.80. The van der Waals surface area contributed by atoms with Crippen molar-refractivity contribution in [1.82, 2.24) is 0 Å². The fourth-order valence-electron chi connectivity index (χ4n) is 11.9. The molecule has 70 heavy (non-hydrogen) atoms. The smallest absolute Gasteiger partial charge is 0.137 e. The third-order valence-corrected chi connectivity index (χ3v) is 15.2. The first-order chi connectivity index (χ1) is 34.7. The molecule has 2 saturated carbocycles. The number of rotatable bonds is 11. The van der Waals surface area contributed by atoms with Gasteiger partial charge in [-0.2, -0.15) is 0 Å². The topological polar surface area (TPSA) is 19.6 Å². The van der Waals surface area contributed by atoms with E-state index in [0.29, 0.717) is 5.92 Å². The third-order valence-electron chi connectivity index (χ3n) is 15.2. The van der Waals surface area contributed by atoms with E-state index in [-0.39, 0.29) is 0 Å². The summed E-state index contributed by atoms with van der Waals surface area (Å²) in [7, 11) is 0. The van der Waals surface area contributed by atoms with Crippen LogP contribution in [0.25, 0.3) is 66.4 Å². The molecule has 0 amide bonds. The predicted octanol–water partition coefficient (Wildman–Crippen LogP) is 19.1. The Hall–Kier alpha value is -8.40. The molecule has 2 fully saturated rings.